The second kappa shape index (κ2) is 4.72. The summed E-state index contributed by atoms with van der Waals surface area (Å²) in [4.78, 5) is 3.87. The summed E-state index contributed by atoms with van der Waals surface area (Å²) in [6.45, 7) is 1.46. The average molecular weight is 285 g/mol. The van der Waals surface area contributed by atoms with Crippen LogP contribution in [0.15, 0.2) is 18.3 Å². The molecule has 0 spiro atoms. The van der Waals surface area contributed by atoms with E-state index in [2.05, 4.69) is 9.72 Å². The van der Waals surface area contributed by atoms with Crippen LogP contribution in [-0.2, 0) is 14.0 Å². The van der Waals surface area contributed by atoms with E-state index < -0.39 is 61.5 Å². The zero-order valence-corrected chi connectivity index (χ0v) is 11.7. The molecule has 2 saturated heterocycles. The van der Waals surface area contributed by atoms with Crippen molar-refractivity contribution in [3.05, 3.63) is 18.3 Å². The van der Waals surface area contributed by atoms with E-state index in [4.69, 9.17) is 25.0 Å². The van der Waals surface area contributed by atoms with Gasteiger partial charge in [0.15, 0.2) is 0 Å². The first-order valence-electron chi connectivity index (χ1n) is 10.2. The fourth-order valence-corrected chi connectivity index (χ4v) is 1.67. The van der Waals surface area contributed by atoms with Crippen LogP contribution in [0.5, 0.6) is 5.75 Å². The molecule has 0 bridgehead atoms. The van der Waals surface area contributed by atoms with Gasteiger partial charge in [0, 0.05) is 6.17 Å². The van der Waals surface area contributed by atoms with E-state index >= 15 is 0 Å². The van der Waals surface area contributed by atoms with Gasteiger partial charge in [-0.15, -0.1) is 0 Å². The quantitative estimate of drug-likeness (QED) is 0.780. The van der Waals surface area contributed by atoms with Crippen molar-refractivity contribution in [1.82, 2.24) is 4.98 Å². The normalized spacial score (nSPS) is 36.9. The minimum atomic E-state index is -2.88. The monoisotopic (exact) mass is 285 g/mol. The molecule has 6 heteroatoms. The van der Waals surface area contributed by atoms with E-state index in [-0.39, 0.29) is 5.59 Å². The molecule has 0 aromatic carbocycles. The Morgan fingerprint density at radius 3 is 2.65 bits per heavy atom. The van der Waals surface area contributed by atoms with Gasteiger partial charge in [-0.3, -0.25) is 4.98 Å². The van der Waals surface area contributed by atoms with Gasteiger partial charge in [-0.1, -0.05) is 0 Å². The molecule has 1 aromatic heterocycles. The van der Waals surface area contributed by atoms with Crippen LogP contribution < -0.4 is 10.3 Å². The highest BCUT2D eigenvalue weighted by Crippen LogP contribution is 2.36. The Balaban J connectivity index is 2.05. The second-order valence-electron chi connectivity index (χ2n) is 5.51. The summed E-state index contributed by atoms with van der Waals surface area (Å²) in [5.41, 5.74) is -1.70. The van der Waals surface area contributed by atoms with Gasteiger partial charge in [0.05, 0.1) is 40.9 Å². The van der Waals surface area contributed by atoms with Gasteiger partial charge in [-0.2, -0.15) is 0 Å². The molecule has 2 aliphatic rings. The summed E-state index contributed by atoms with van der Waals surface area (Å²) in [7, 11) is -1.16. The summed E-state index contributed by atoms with van der Waals surface area (Å²) < 4.78 is 83.8. The zero-order chi connectivity index (χ0) is 21.5. The standard InChI is InChI=1S/C14H20BNO4/c1-13(2)14(3,4)20-15(19-13)12-7-10(5-6-16-12)18-11-8-17-9-11/h5-7,11H,8-9H2,1-4H3/i5D,6D,7D,8D2,9D2,11D. The number of pyridine rings is 1. The van der Waals surface area contributed by atoms with Crippen molar-refractivity contribution in [2.45, 2.75) is 45.0 Å². The Hall–Kier alpha value is -1.11. The molecule has 108 valence electrons. The fourth-order valence-electron chi connectivity index (χ4n) is 1.67. The first-order chi connectivity index (χ1) is 12.5. The summed E-state index contributed by atoms with van der Waals surface area (Å²) in [5.74, 6) is -0.671. The number of aromatic nitrogens is 1. The SMILES string of the molecule is [2H]c1nc(B2OC(C)(C)C(C)(C)O2)c([2H])c(OC2([2H])C([2H])([2H])OC2([2H])[2H])c1[2H]. The average Bonchev–Trinajstić information content (AvgIpc) is 2.73. The Labute approximate surface area is 131 Å². The largest absolute Gasteiger partial charge is 0.514 e. The Morgan fingerprint density at radius 1 is 1.40 bits per heavy atom. The third kappa shape index (κ3) is 2.43. The third-order valence-electron chi connectivity index (χ3n) is 3.56. The van der Waals surface area contributed by atoms with Crippen LogP contribution in [-0.4, -0.2) is 42.5 Å². The first-order valence-corrected chi connectivity index (χ1v) is 6.18. The summed E-state index contributed by atoms with van der Waals surface area (Å²) in [6.07, 6.45) is -3.49. The van der Waals surface area contributed by atoms with E-state index in [0.717, 1.165) is 0 Å². The van der Waals surface area contributed by atoms with Gasteiger partial charge < -0.3 is 18.8 Å². The maximum Gasteiger partial charge on any atom is 0.514 e. The van der Waals surface area contributed by atoms with Gasteiger partial charge in [-0.25, -0.2) is 0 Å². The molecule has 3 rings (SSSR count). The van der Waals surface area contributed by atoms with E-state index in [1.165, 1.54) is 0 Å². The molecule has 2 fully saturated rings. The molecule has 0 aliphatic carbocycles. The molecule has 20 heavy (non-hydrogen) atoms. The van der Waals surface area contributed by atoms with Crippen LogP contribution in [0.2, 0.25) is 0 Å². The second-order valence-corrected chi connectivity index (χ2v) is 5.51. The molecule has 3 heterocycles. The molecule has 2 aliphatic heterocycles. The van der Waals surface area contributed by atoms with Crippen LogP contribution >= 0.6 is 0 Å². The van der Waals surface area contributed by atoms with Crippen LogP contribution in [0.25, 0.3) is 0 Å². The van der Waals surface area contributed by atoms with E-state index in [1.807, 2.05) is 0 Å². The first kappa shape index (κ1) is 7.25. The van der Waals surface area contributed by atoms with Crippen molar-refractivity contribution < 1.29 is 29.7 Å². The van der Waals surface area contributed by atoms with Gasteiger partial charge in [-0.05, 0) is 39.8 Å². The van der Waals surface area contributed by atoms with Crippen LogP contribution in [0, 0.1) is 0 Å². The number of rotatable bonds is 3. The summed E-state index contributed by atoms with van der Waals surface area (Å²) in [5, 5.41) is 0. The highest BCUT2D eigenvalue weighted by molar-refractivity contribution is 6.61. The molecule has 0 atom stereocenters. The maximum absolute atomic E-state index is 8.33. The molecular formula is C14H20BNO4. The highest BCUT2D eigenvalue weighted by Gasteiger charge is 2.52. The molecule has 0 amide bonds. The van der Waals surface area contributed by atoms with E-state index in [1.54, 1.807) is 27.7 Å². The molecule has 1 aromatic rings. The van der Waals surface area contributed by atoms with E-state index in [0.29, 0.717) is 0 Å². The lowest BCUT2D eigenvalue weighted by atomic mass is 9.84. The molecule has 0 radical (unpaired) electrons. The number of hydrogen-bond acceptors (Lipinski definition) is 5. The number of hydrogen-bond donors (Lipinski definition) is 0. The van der Waals surface area contributed by atoms with Crippen LogP contribution in [0.1, 0.15) is 38.7 Å². The van der Waals surface area contributed by atoms with Crippen molar-refractivity contribution >= 4 is 12.7 Å². The summed E-state index contributed by atoms with van der Waals surface area (Å²) >= 11 is 0. The van der Waals surface area contributed by atoms with Crippen LogP contribution in [0.4, 0.5) is 0 Å². The molecule has 5 nitrogen and oxygen atoms in total. The molecule has 0 N–H and O–H groups in total. The maximum atomic E-state index is 8.33. The van der Waals surface area contributed by atoms with Crippen LogP contribution in [0.3, 0.4) is 0 Å². The molecule has 0 saturated carbocycles. The predicted molar refractivity (Wildman–Crippen MR) is 75.2 cm³/mol. The van der Waals surface area contributed by atoms with Crippen molar-refractivity contribution in [2.75, 3.05) is 13.1 Å². The minimum absolute atomic E-state index is 0.181. The number of ether oxygens (including phenoxy) is 2. The lowest BCUT2D eigenvalue weighted by molar-refractivity contribution is -0.0796. The Bertz CT molecular complexity index is 804. The van der Waals surface area contributed by atoms with Crippen molar-refractivity contribution in [1.29, 1.82) is 0 Å². The van der Waals surface area contributed by atoms with Crippen molar-refractivity contribution in [2.24, 2.45) is 0 Å². The predicted octanol–water partition coefficient (Wildman–Crippen LogP) is 1.16. The lowest BCUT2D eigenvalue weighted by Crippen LogP contribution is -2.41. The molecule has 0 unspecified atom stereocenters. The Morgan fingerprint density at radius 2 is 2.05 bits per heavy atom. The van der Waals surface area contributed by atoms with Gasteiger partial charge in [0.1, 0.15) is 11.8 Å². The highest BCUT2D eigenvalue weighted by atomic mass is 16.7. The topological polar surface area (TPSA) is 49.8 Å². The minimum Gasteiger partial charge on any atom is -0.486 e. The fraction of sp³-hybridized carbons (Fsp3) is 0.643. The lowest BCUT2D eigenvalue weighted by Gasteiger charge is -2.32. The van der Waals surface area contributed by atoms with E-state index in [9.17, 15) is 0 Å². The van der Waals surface area contributed by atoms with Gasteiger partial charge >= 0.3 is 7.12 Å². The summed E-state index contributed by atoms with van der Waals surface area (Å²) in [6, 6.07) is -1.24. The van der Waals surface area contributed by atoms with Gasteiger partial charge in [0.25, 0.3) is 0 Å². The molecular weight excluding hydrogens is 257 g/mol. The Kier molecular flexibility index (Phi) is 1.71. The number of nitrogens with zero attached hydrogens (tertiary/aromatic N) is 1. The van der Waals surface area contributed by atoms with Crippen molar-refractivity contribution in [3.8, 4) is 5.75 Å². The smallest absolute Gasteiger partial charge is 0.486 e. The third-order valence-corrected chi connectivity index (χ3v) is 3.56. The zero-order valence-electron chi connectivity index (χ0n) is 19.7. The van der Waals surface area contributed by atoms with Gasteiger partial charge in [0.2, 0.25) is 0 Å². The van der Waals surface area contributed by atoms with Crippen molar-refractivity contribution in [3.63, 3.8) is 0 Å².